The molecule has 1 spiro atoms. The van der Waals surface area contributed by atoms with Crippen LogP contribution in [0.3, 0.4) is 0 Å². The number of carbonyl (C=O) groups excluding carboxylic acids is 3. The number of thioether (sulfide) groups is 4. The molecule has 0 radical (unpaired) electrons. The minimum Gasteiger partial charge on any atom is -0.393 e. The fraction of sp³-hybridized carbons (Fsp3) is 0.373. The van der Waals surface area contributed by atoms with Crippen molar-refractivity contribution < 1.29 is 19.5 Å². The number of H-pyrrole nitrogens is 3. The largest absolute Gasteiger partial charge is 0.393 e. The molecule has 26 heteroatoms. The number of hydrogen-bond donors (Lipinski definition) is 7. The quantitative estimate of drug-likeness (QED) is 0.0200. The summed E-state index contributed by atoms with van der Waals surface area (Å²) in [5.41, 5.74) is 8.02. The molecule has 12 rings (SSSR count). The number of anilines is 3. The number of rotatable bonds is 21. The minimum absolute atomic E-state index is 0.0302. The molecule has 5 atom stereocenters. The molecule has 3 fully saturated rings. The van der Waals surface area contributed by atoms with E-state index in [0.717, 1.165) is 151 Å². The van der Waals surface area contributed by atoms with Gasteiger partial charge in [-0.05, 0) is 117 Å². The average Bonchev–Trinajstić information content (AvgIpc) is 1.53. The number of benzene rings is 3. The van der Waals surface area contributed by atoms with Crippen LogP contribution in [0.25, 0.3) is 33.1 Å². The number of nitrogens with zero attached hydrogens (tertiary/aromatic N) is 11. The van der Waals surface area contributed by atoms with Gasteiger partial charge in [0.1, 0.15) is 38.4 Å². The van der Waals surface area contributed by atoms with Crippen LogP contribution >= 0.6 is 59.3 Å². The highest BCUT2D eigenvalue weighted by Gasteiger charge is 2.72. The summed E-state index contributed by atoms with van der Waals surface area (Å²) < 4.78 is 0.686. The van der Waals surface area contributed by atoms with Crippen molar-refractivity contribution in [3.63, 3.8) is 0 Å². The summed E-state index contributed by atoms with van der Waals surface area (Å²) in [6.07, 6.45) is 15.6. The number of fused-ring (bicyclic) bond motifs is 3. The van der Waals surface area contributed by atoms with Crippen LogP contribution in [0.15, 0.2) is 125 Å². The summed E-state index contributed by atoms with van der Waals surface area (Å²) in [6, 6.07) is 23.8. The Morgan fingerprint density at radius 1 is 0.647 bits per heavy atom. The van der Waals surface area contributed by atoms with E-state index in [1.807, 2.05) is 79.7 Å². The molecule has 3 unspecified atom stereocenters. The average molecular weight is 1240 g/mol. The van der Waals surface area contributed by atoms with Crippen LogP contribution < -0.4 is 16.0 Å². The van der Waals surface area contributed by atoms with E-state index in [-0.39, 0.29) is 40.9 Å². The lowest BCUT2D eigenvalue weighted by molar-refractivity contribution is -0.121. The normalized spacial score (nSPS) is 18.2. The number of aromatic amines is 3. The Balaban J connectivity index is 0.000000142. The Morgan fingerprint density at radius 3 is 1.56 bits per heavy atom. The van der Waals surface area contributed by atoms with Crippen LogP contribution in [0.1, 0.15) is 69.1 Å². The SMILES string of the molecule is CCCN(CCC)CC(=O)Nc1cccc(CSc2ncnc3[nH]ncc23)c1.CN(C)C(=S)SCC(=O)Nc1cccc(CSc2ncnc3[nH]ncc23)c1.O=C(Nc1cccc(CSc2ncnc3[nH]ncc23)c1)C1C[C@H]2CC23C(O)CC[C@H]13. The molecule has 6 aromatic heterocycles. The molecule has 21 nitrogen and oxygen atoms in total. The lowest BCUT2D eigenvalue weighted by atomic mass is 9.85. The van der Waals surface area contributed by atoms with Crippen molar-refractivity contribution in [1.29, 1.82) is 0 Å². The van der Waals surface area contributed by atoms with Crippen LogP contribution in [0.5, 0.6) is 0 Å². The smallest absolute Gasteiger partial charge is 0.238 e. The predicted molar refractivity (Wildman–Crippen MR) is 342 cm³/mol. The van der Waals surface area contributed by atoms with E-state index in [9.17, 15) is 19.5 Å². The monoisotopic (exact) mass is 1240 g/mol. The molecular weight excluding hydrogens is 1170 g/mol. The molecular formula is C59H67N17O4S5. The second-order valence-electron chi connectivity index (χ2n) is 21.3. The summed E-state index contributed by atoms with van der Waals surface area (Å²) in [7, 11) is 3.73. The van der Waals surface area contributed by atoms with Crippen molar-refractivity contribution in [3.05, 3.63) is 127 Å². The van der Waals surface area contributed by atoms with Crippen molar-refractivity contribution in [1.82, 2.24) is 70.3 Å². The van der Waals surface area contributed by atoms with Crippen molar-refractivity contribution in [3.8, 4) is 0 Å². The van der Waals surface area contributed by atoms with E-state index in [4.69, 9.17) is 12.2 Å². The first-order chi connectivity index (χ1) is 41.4. The van der Waals surface area contributed by atoms with Crippen molar-refractivity contribution in [2.24, 2.45) is 23.2 Å². The van der Waals surface area contributed by atoms with Gasteiger partial charge in [-0.1, -0.05) is 74.2 Å². The Morgan fingerprint density at radius 2 is 1.11 bits per heavy atom. The molecule has 3 amide bonds. The summed E-state index contributed by atoms with van der Waals surface area (Å²) in [5.74, 6) is 3.50. The lowest BCUT2D eigenvalue weighted by Crippen LogP contribution is -2.34. The highest BCUT2D eigenvalue weighted by molar-refractivity contribution is 8.23. The minimum atomic E-state index is -0.200. The van der Waals surface area contributed by atoms with Gasteiger partial charge in [0, 0.05) is 59.7 Å². The zero-order valence-corrected chi connectivity index (χ0v) is 51.6. The summed E-state index contributed by atoms with van der Waals surface area (Å²) in [5, 5.41) is 45.5. The molecule has 7 N–H and O–H groups in total. The van der Waals surface area contributed by atoms with Gasteiger partial charge < -0.3 is 26.0 Å². The molecule has 3 saturated carbocycles. The van der Waals surface area contributed by atoms with E-state index in [0.29, 0.717) is 22.7 Å². The van der Waals surface area contributed by atoms with Crippen LogP contribution in [0.4, 0.5) is 17.1 Å². The van der Waals surface area contributed by atoms with E-state index in [2.05, 4.69) is 107 Å². The van der Waals surface area contributed by atoms with Gasteiger partial charge in [0.15, 0.2) is 16.9 Å². The molecule has 6 heterocycles. The van der Waals surface area contributed by atoms with Crippen LogP contribution in [-0.2, 0) is 31.6 Å². The molecule has 0 saturated heterocycles. The van der Waals surface area contributed by atoms with E-state index in [1.165, 1.54) is 24.4 Å². The van der Waals surface area contributed by atoms with Gasteiger partial charge in [0.05, 0.1) is 53.2 Å². The molecule has 0 bridgehead atoms. The van der Waals surface area contributed by atoms with Crippen LogP contribution in [0.2, 0.25) is 0 Å². The topological polar surface area (TPSA) is 277 Å². The summed E-state index contributed by atoms with van der Waals surface area (Å²) >= 11 is 11.4. The summed E-state index contributed by atoms with van der Waals surface area (Å²) in [4.78, 5) is 67.0. The molecule has 85 heavy (non-hydrogen) atoms. The highest BCUT2D eigenvalue weighted by Crippen LogP contribution is 2.74. The van der Waals surface area contributed by atoms with Gasteiger partial charge in [-0.3, -0.25) is 34.6 Å². The van der Waals surface area contributed by atoms with Gasteiger partial charge >= 0.3 is 0 Å². The predicted octanol–water partition coefficient (Wildman–Crippen LogP) is 10.2. The number of aromatic nitrogens is 12. The number of hydrogen-bond acceptors (Lipinski definition) is 19. The van der Waals surface area contributed by atoms with Gasteiger partial charge in [0.2, 0.25) is 17.7 Å². The Labute approximate surface area is 514 Å². The molecule has 3 aromatic carbocycles. The van der Waals surface area contributed by atoms with Crippen molar-refractivity contribution in [2.45, 2.75) is 90.8 Å². The van der Waals surface area contributed by atoms with E-state index >= 15 is 0 Å². The molecule has 9 aromatic rings. The van der Waals surface area contributed by atoms with Gasteiger partial charge in [-0.2, -0.15) is 15.3 Å². The lowest BCUT2D eigenvalue weighted by Gasteiger charge is -2.23. The zero-order valence-electron chi connectivity index (χ0n) is 47.5. The van der Waals surface area contributed by atoms with Gasteiger partial charge in [0.25, 0.3) is 0 Å². The molecule has 0 aliphatic heterocycles. The Kier molecular flexibility index (Phi) is 20.7. The Hall–Kier alpha value is -7.07. The summed E-state index contributed by atoms with van der Waals surface area (Å²) in [6.45, 7) is 6.59. The number of carbonyl (C=O) groups is 3. The van der Waals surface area contributed by atoms with E-state index < -0.39 is 0 Å². The zero-order chi connectivity index (χ0) is 59.3. The maximum atomic E-state index is 13.0. The molecule has 3 aliphatic rings. The third-order valence-electron chi connectivity index (χ3n) is 15.1. The first kappa shape index (κ1) is 61.0. The fourth-order valence-electron chi connectivity index (χ4n) is 11.2. The number of aliphatic hydroxyl groups excluding tert-OH is 1. The van der Waals surface area contributed by atoms with Gasteiger partial charge in [-0.25, -0.2) is 29.9 Å². The Bertz CT molecular complexity index is 3760. The van der Waals surface area contributed by atoms with Crippen molar-refractivity contribution in [2.75, 3.05) is 55.4 Å². The first-order valence-corrected chi connectivity index (χ1v) is 32.4. The number of aliphatic hydroxyl groups is 1. The maximum absolute atomic E-state index is 13.0. The third kappa shape index (κ3) is 15.5. The maximum Gasteiger partial charge on any atom is 0.238 e. The number of thiocarbonyl (C=S) groups is 1. The van der Waals surface area contributed by atoms with Crippen LogP contribution in [-0.4, -0.2) is 143 Å². The second-order valence-corrected chi connectivity index (χ2v) is 25.8. The number of nitrogens with one attached hydrogen (secondary N) is 6. The van der Waals surface area contributed by atoms with Crippen LogP contribution in [0, 0.1) is 23.2 Å². The first-order valence-electron chi connectivity index (χ1n) is 28.1. The van der Waals surface area contributed by atoms with E-state index in [1.54, 1.807) is 60.2 Å². The standard InChI is InChI=1S/C22H23N5O2S.C20H26N6OS.C17H18N6OS3/c28-18-5-4-17-15(7-13-8-22(13,17)18)20(29)26-14-3-1-2-12(6-14)10-30-21-16-9-25-27-19(16)23-11-24-21;1-3-8-26(9-4-2)12-18(27)24-16-7-5-6-15(10-16)13-28-20-17-11-23-25-19(17)21-14-22-20;1-23(2)17(25)27-9-14(24)21-12-5-3-4-11(6-12)8-26-16-13-7-20-22-15(13)18-10-19-16/h1-3,6,9,11,13,15,17-18,28H,4-5,7-8,10H2,(H,26,29)(H,23,24,25,27);5-7,10-11,14H,3-4,8-9,12-13H2,1-2H3,(H,24,27)(H,21,22,23,25);3-7,10H,8-9H2,1-2H3,(H,21,24)(H,18,19,20,22)/t13-,15?,17+,18?,22?;;/m0../s1. The molecule has 442 valence electrons. The van der Waals surface area contributed by atoms with Crippen molar-refractivity contribution >= 4 is 131 Å². The third-order valence-corrected chi connectivity index (χ3v) is 20.1. The molecule has 3 aliphatic carbocycles. The second kappa shape index (κ2) is 28.9. The van der Waals surface area contributed by atoms with Gasteiger partial charge in [-0.15, -0.1) is 35.3 Å². The highest BCUT2D eigenvalue weighted by atomic mass is 32.2. The number of amides is 3. The fourth-order valence-corrected chi connectivity index (χ4v) is 14.7.